The molecule has 0 aliphatic carbocycles. The number of nitrogens with zero attached hydrogens (tertiary/aromatic N) is 2. The molecule has 2 heterocycles. The first-order valence-corrected chi connectivity index (χ1v) is 23.0. The molecule has 0 amide bonds. The second kappa shape index (κ2) is 33.2. The summed E-state index contributed by atoms with van der Waals surface area (Å²) in [5.41, 5.74) is 0. The lowest BCUT2D eigenvalue weighted by Gasteiger charge is -2.04. The van der Waals surface area contributed by atoms with E-state index in [9.17, 15) is 0 Å². The van der Waals surface area contributed by atoms with E-state index in [1.165, 1.54) is 214 Å². The van der Waals surface area contributed by atoms with Crippen molar-refractivity contribution in [3.8, 4) is 0 Å². The van der Waals surface area contributed by atoms with E-state index in [0.29, 0.717) is 0 Å². The quantitative estimate of drug-likeness (QED) is 0.0402. The summed E-state index contributed by atoms with van der Waals surface area (Å²) in [6.07, 6.45) is 48.6. The second-order valence-electron chi connectivity index (χ2n) is 14.4. The zero-order chi connectivity index (χ0) is 34.0. The van der Waals surface area contributed by atoms with Crippen LogP contribution in [-0.4, -0.2) is 11.5 Å². The average molecular weight is 699 g/mol. The number of unbranched alkanes of at least 4 members (excludes halogenated alkanes) is 25. The fourth-order valence-electron chi connectivity index (χ4n) is 6.59. The Balaban J connectivity index is 1.35. The number of thioether (sulfide) groups is 2. The minimum atomic E-state index is 1.17. The summed E-state index contributed by atoms with van der Waals surface area (Å²) in [5, 5.41) is 0. The van der Waals surface area contributed by atoms with Gasteiger partial charge in [0.1, 0.15) is 13.1 Å². The maximum absolute atomic E-state index is 2.38. The van der Waals surface area contributed by atoms with Crippen molar-refractivity contribution >= 4 is 23.5 Å². The van der Waals surface area contributed by atoms with Crippen molar-refractivity contribution in [2.75, 3.05) is 11.5 Å². The van der Waals surface area contributed by atoms with Crippen molar-refractivity contribution < 1.29 is 9.13 Å². The van der Waals surface area contributed by atoms with Crippen molar-refractivity contribution in [1.82, 2.24) is 0 Å². The lowest BCUT2D eigenvalue weighted by molar-refractivity contribution is -0.697. The molecule has 0 spiro atoms. The van der Waals surface area contributed by atoms with Crippen LogP contribution in [0.4, 0.5) is 0 Å². The summed E-state index contributed by atoms with van der Waals surface area (Å²) >= 11 is 4.06. The molecule has 0 saturated heterocycles. The molecule has 2 nitrogen and oxygen atoms in total. The summed E-state index contributed by atoms with van der Waals surface area (Å²) in [6.45, 7) is 6.94. The molecule has 0 bridgehead atoms. The molecule has 0 aliphatic rings. The van der Waals surface area contributed by atoms with Crippen LogP contribution < -0.4 is 9.13 Å². The van der Waals surface area contributed by atoms with Crippen molar-refractivity contribution in [2.24, 2.45) is 0 Å². The molecule has 0 atom stereocenters. The Hall–Kier alpha value is -1.00. The lowest BCUT2D eigenvalue weighted by Crippen LogP contribution is -2.32. The van der Waals surface area contributed by atoms with Crippen molar-refractivity contribution in [3.05, 3.63) is 49.1 Å². The third-order valence-electron chi connectivity index (χ3n) is 9.84. The average Bonchev–Trinajstić information content (AvgIpc) is 3.11. The van der Waals surface area contributed by atoms with Gasteiger partial charge in [-0.15, -0.1) is 23.5 Å². The molecule has 48 heavy (non-hydrogen) atoms. The first-order valence-electron chi connectivity index (χ1n) is 21.1. The summed E-state index contributed by atoms with van der Waals surface area (Å²) < 4.78 is 4.76. The Labute approximate surface area is 308 Å². The van der Waals surface area contributed by atoms with Crippen LogP contribution in [0, 0.1) is 0 Å². The Bertz CT molecular complexity index is 852. The predicted octanol–water partition coefficient (Wildman–Crippen LogP) is 14.1. The van der Waals surface area contributed by atoms with Gasteiger partial charge in [-0.3, -0.25) is 0 Å². The zero-order valence-electron chi connectivity index (χ0n) is 32.0. The van der Waals surface area contributed by atoms with Gasteiger partial charge in [-0.25, -0.2) is 9.13 Å². The highest BCUT2D eigenvalue weighted by Crippen LogP contribution is 2.21. The van der Waals surface area contributed by atoms with Gasteiger partial charge in [0.05, 0.1) is 0 Å². The fourth-order valence-corrected chi connectivity index (χ4v) is 8.38. The molecule has 2 aromatic heterocycles. The molecule has 0 saturated carbocycles. The third kappa shape index (κ3) is 25.9. The van der Waals surface area contributed by atoms with E-state index >= 15 is 0 Å². The van der Waals surface area contributed by atoms with Crippen LogP contribution in [0.5, 0.6) is 0 Å². The largest absolute Gasteiger partial charge is 0.205 e. The van der Waals surface area contributed by atoms with E-state index in [2.05, 4.69) is 72.0 Å². The number of hydrogen-bond donors (Lipinski definition) is 0. The number of aryl methyl sites for hydroxylation is 2. The Morgan fingerprint density at radius 2 is 0.583 bits per heavy atom. The van der Waals surface area contributed by atoms with Gasteiger partial charge >= 0.3 is 0 Å². The maximum Gasteiger partial charge on any atom is 0.169 e. The van der Waals surface area contributed by atoms with Crippen LogP contribution in [0.25, 0.3) is 0 Å². The van der Waals surface area contributed by atoms with E-state index in [4.69, 9.17) is 0 Å². The highest BCUT2D eigenvalue weighted by atomic mass is 32.2. The summed E-state index contributed by atoms with van der Waals surface area (Å²) in [7, 11) is 0. The molecule has 274 valence electrons. The van der Waals surface area contributed by atoms with E-state index < -0.39 is 0 Å². The number of rotatable bonds is 35. The minimum absolute atomic E-state index is 1.17. The van der Waals surface area contributed by atoms with Crippen LogP contribution in [0.15, 0.2) is 58.8 Å². The molecular formula is C44H78N2S2+2. The monoisotopic (exact) mass is 699 g/mol. The molecule has 0 unspecified atom stereocenters. The highest BCUT2D eigenvalue weighted by Gasteiger charge is 2.04. The van der Waals surface area contributed by atoms with Crippen LogP contribution in [0.3, 0.4) is 0 Å². The van der Waals surface area contributed by atoms with Crippen molar-refractivity contribution in [3.63, 3.8) is 0 Å². The van der Waals surface area contributed by atoms with E-state index in [-0.39, 0.29) is 0 Å². The summed E-state index contributed by atoms with van der Waals surface area (Å²) in [4.78, 5) is 2.85. The van der Waals surface area contributed by atoms with E-state index in [0.717, 1.165) is 0 Å². The van der Waals surface area contributed by atoms with E-state index in [1.54, 1.807) is 0 Å². The molecule has 0 radical (unpaired) electrons. The number of hydrogen-bond acceptors (Lipinski definition) is 2. The molecule has 0 aromatic carbocycles. The first kappa shape index (κ1) is 43.2. The normalized spacial score (nSPS) is 11.5. The zero-order valence-corrected chi connectivity index (χ0v) is 33.6. The van der Waals surface area contributed by atoms with Crippen LogP contribution in [-0.2, 0) is 13.1 Å². The van der Waals surface area contributed by atoms with Gasteiger partial charge < -0.3 is 0 Å². The smallest absolute Gasteiger partial charge is 0.169 e. The Kier molecular flexibility index (Phi) is 29.8. The van der Waals surface area contributed by atoms with Gasteiger partial charge in [-0.1, -0.05) is 155 Å². The second-order valence-corrected chi connectivity index (χ2v) is 16.8. The molecule has 4 heteroatoms. The van der Waals surface area contributed by atoms with Gasteiger partial charge in [-0.2, -0.15) is 0 Å². The number of aromatic nitrogens is 2. The topological polar surface area (TPSA) is 7.76 Å². The lowest BCUT2D eigenvalue weighted by atomic mass is 10.1. The van der Waals surface area contributed by atoms with Crippen LogP contribution >= 0.6 is 23.5 Å². The van der Waals surface area contributed by atoms with Crippen LogP contribution in [0.2, 0.25) is 0 Å². The summed E-state index contributed by atoms with van der Waals surface area (Å²) in [6, 6.07) is 9.29. The van der Waals surface area contributed by atoms with Crippen molar-refractivity contribution in [1.29, 1.82) is 0 Å². The molecule has 0 aliphatic heterocycles. The minimum Gasteiger partial charge on any atom is -0.205 e. The van der Waals surface area contributed by atoms with Gasteiger partial charge in [0.25, 0.3) is 0 Å². The first-order chi connectivity index (χ1) is 23.8. The maximum atomic E-state index is 2.38. The molecular weight excluding hydrogens is 621 g/mol. The third-order valence-corrected chi connectivity index (χ3v) is 12.0. The standard InChI is InChI=1S/C44H78N2S2/c1-3-5-7-9-11-13-15-17-19-21-23-27-35-45-37-31-43(32-38-45)47-41-29-25-26-30-42-48-44-33-39-46(40-34-44)36-28-24-22-20-18-16-14-12-10-8-6-4-2/h31-34,37-40H,3-30,35-36,41-42H2,1-2H3/q+2. The fraction of sp³-hybridized carbons (Fsp3) is 0.773. The Morgan fingerprint density at radius 3 is 0.875 bits per heavy atom. The van der Waals surface area contributed by atoms with Gasteiger partial charge in [0.15, 0.2) is 24.8 Å². The molecule has 2 aromatic rings. The molecule has 0 fully saturated rings. The van der Waals surface area contributed by atoms with Gasteiger partial charge in [0, 0.05) is 46.9 Å². The van der Waals surface area contributed by atoms with Crippen molar-refractivity contribution in [2.45, 2.75) is 217 Å². The number of pyridine rings is 2. The SMILES string of the molecule is CCCCCCCCCCCCCC[n+]1ccc(SCCCCCCSc2cc[n+](CCCCCCCCCCCCCC)cc2)cc1. The van der Waals surface area contributed by atoms with Gasteiger partial charge in [-0.05, 0) is 37.2 Å². The van der Waals surface area contributed by atoms with E-state index in [1.807, 2.05) is 23.5 Å². The molecule has 2 rings (SSSR count). The Morgan fingerprint density at radius 1 is 0.333 bits per heavy atom. The molecule has 0 N–H and O–H groups in total. The van der Waals surface area contributed by atoms with Crippen LogP contribution in [0.1, 0.15) is 194 Å². The highest BCUT2D eigenvalue weighted by molar-refractivity contribution is 7.99. The van der Waals surface area contributed by atoms with Gasteiger partial charge in [0.2, 0.25) is 0 Å². The summed E-state index contributed by atoms with van der Waals surface area (Å²) in [5.74, 6) is 2.49. The predicted molar refractivity (Wildman–Crippen MR) is 215 cm³/mol.